The summed E-state index contributed by atoms with van der Waals surface area (Å²) in [4.78, 5) is 17.9. The Kier molecular flexibility index (Phi) is 7.59. The van der Waals surface area contributed by atoms with Crippen LogP contribution in [0.4, 0.5) is 0 Å². The second kappa shape index (κ2) is 10.4. The molecule has 0 aliphatic carbocycles. The lowest BCUT2D eigenvalue weighted by Gasteiger charge is -2.15. The van der Waals surface area contributed by atoms with E-state index in [9.17, 15) is 4.79 Å². The second-order valence-electron chi connectivity index (χ2n) is 7.01. The minimum absolute atomic E-state index is 0.0315. The Morgan fingerprint density at radius 1 is 1.29 bits per heavy atom. The minimum Gasteiger partial charge on any atom is -0.356 e. The maximum atomic E-state index is 12.3. The molecule has 28 heavy (non-hydrogen) atoms. The number of aliphatic imine (C=N–C) groups is 1. The number of guanidine groups is 1. The van der Waals surface area contributed by atoms with E-state index in [1.54, 1.807) is 11.7 Å². The molecule has 152 valence electrons. The van der Waals surface area contributed by atoms with Gasteiger partial charge < -0.3 is 10.6 Å². The minimum atomic E-state index is 0.0315. The van der Waals surface area contributed by atoms with Crippen LogP contribution in [-0.2, 0) is 19.5 Å². The number of nitrogens with one attached hydrogen (secondary N) is 2. The summed E-state index contributed by atoms with van der Waals surface area (Å²) in [6.45, 7) is 5.21. The Labute approximate surface area is 170 Å². The molecule has 1 atom stereocenters. The first kappa shape index (κ1) is 20.5. The van der Waals surface area contributed by atoms with Crippen molar-refractivity contribution in [1.29, 1.82) is 0 Å². The summed E-state index contributed by atoms with van der Waals surface area (Å²) < 4.78 is 3.43. The van der Waals surface area contributed by atoms with Gasteiger partial charge in [0, 0.05) is 49.8 Å². The molecule has 0 spiro atoms. The van der Waals surface area contributed by atoms with Gasteiger partial charge >= 0.3 is 5.69 Å². The average molecular weight is 403 g/mol. The van der Waals surface area contributed by atoms with Crippen molar-refractivity contribution in [3.8, 4) is 0 Å². The molecule has 1 aromatic carbocycles. The molecule has 1 unspecified atom stereocenters. The molecule has 0 saturated heterocycles. The van der Waals surface area contributed by atoms with Crippen LogP contribution in [0, 0.1) is 0 Å². The van der Waals surface area contributed by atoms with E-state index in [2.05, 4.69) is 51.9 Å². The van der Waals surface area contributed by atoms with Gasteiger partial charge in [0.1, 0.15) is 5.82 Å². The van der Waals surface area contributed by atoms with Gasteiger partial charge in [-0.15, -0.1) is 11.8 Å². The normalized spacial score (nSPS) is 15.1. The SMILES string of the molecule is CN=C(NCCCn1nc2n(c1=O)CCCC2)NCC(C)Sc1ccccc1. The number of aromatic nitrogens is 3. The lowest BCUT2D eigenvalue weighted by Crippen LogP contribution is -2.40. The summed E-state index contributed by atoms with van der Waals surface area (Å²) in [6.07, 6.45) is 3.94. The zero-order chi connectivity index (χ0) is 19.8. The Hall–Kier alpha value is -2.22. The number of hydrogen-bond donors (Lipinski definition) is 2. The summed E-state index contributed by atoms with van der Waals surface area (Å²) in [5, 5.41) is 11.6. The Bertz CT molecular complexity index is 829. The van der Waals surface area contributed by atoms with Gasteiger partial charge in [-0.05, 0) is 31.4 Å². The third-order valence-corrected chi connectivity index (χ3v) is 5.85. The van der Waals surface area contributed by atoms with Gasteiger partial charge in [-0.1, -0.05) is 25.1 Å². The van der Waals surface area contributed by atoms with E-state index in [-0.39, 0.29) is 5.69 Å². The van der Waals surface area contributed by atoms with Crippen molar-refractivity contribution in [3.05, 3.63) is 46.6 Å². The lowest BCUT2D eigenvalue weighted by atomic mass is 10.2. The summed E-state index contributed by atoms with van der Waals surface area (Å²) in [7, 11) is 1.78. The third kappa shape index (κ3) is 5.64. The van der Waals surface area contributed by atoms with E-state index >= 15 is 0 Å². The van der Waals surface area contributed by atoms with Gasteiger partial charge in [-0.2, -0.15) is 5.10 Å². The van der Waals surface area contributed by atoms with Crippen molar-refractivity contribution in [1.82, 2.24) is 25.0 Å². The molecule has 1 aliphatic rings. The maximum absolute atomic E-state index is 12.3. The molecule has 1 aliphatic heterocycles. The fourth-order valence-corrected chi connectivity index (χ4v) is 4.21. The van der Waals surface area contributed by atoms with Crippen LogP contribution in [0.5, 0.6) is 0 Å². The molecule has 0 radical (unpaired) electrons. The maximum Gasteiger partial charge on any atom is 0.345 e. The summed E-state index contributed by atoms with van der Waals surface area (Å²) >= 11 is 1.84. The van der Waals surface area contributed by atoms with Crippen molar-refractivity contribution in [2.24, 2.45) is 4.99 Å². The van der Waals surface area contributed by atoms with Gasteiger partial charge in [0.15, 0.2) is 5.96 Å². The van der Waals surface area contributed by atoms with Gasteiger partial charge in [-0.25, -0.2) is 9.48 Å². The Balaban J connectivity index is 1.37. The van der Waals surface area contributed by atoms with Crippen molar-refractivity contribution < 1.29 is 0 Å². The number of rotatable bonds is 8. The number of benzene rings is 1. The number of nitrogens with zero attached hydrogens (tertiary/aromatic N) is 4. The van der Waals surface area contributed by atoms with Gasteiger partial charge in [0.05, 0.1) is 0 Å². The molecular weight excluding hydrogens is 372 g/mol. The Morgan fingerprint density at radius 2 is 2.11 bits per heavy atom. The van der Waals surface area contributed by atoms with E-state index in [0.29, 0.717) is 11.8 Å². The Morgan fingerprint density at radius 3 is 2.86 bits per heavy atom. The highest BCUT2D eigenvalue weighted by Crippen LogP contribution is 2.21. The first-order valence-electron chi connectivity index (χ1n) is 10.00. The van der Waals surface area contributed by atoms with E-state index in [4.69, 9.17) is 0 Å². The highest BCUT2D eigenvalue weighted by Gasteiger charge is 2.16. The first-order valence-corrected chi connectivity index (χ1v) is 10.9. The monoisotopic (exact) mass is 402 g/mol. The molecule has 2 heterocycles. The largest absolute Gasteiger partial charge is 0.356 e. The van der Waals surface area contributed by atoms with Crippen LogP contribution in [0.3, 0.4) is 0 Å². The van der Waals surface area contributed by atoms with Crippen molar-refractivity contribution in [3.63, 3.8) is 0 Å². The number of fused-ring (bicyclic) bond motifs is 1. The third-order valence-electron chi connectivity index (χ3n) is 4.73. The predicted octanol–water partition coefficient (Wildman–Crippen LogP) is 2.12. The van der Waals surface area contributed by atoms with Crippen LogP contribution in [0.25, 0.3) is 0 Å². The van der Waals surface area contributed by atoms with E-state index in [0.717, 1.165) is 57.1 Å². The van der Waals surface area contributed by atoms with Gasteiger partial charge in [-0.3, -0.25) is 9.56 Å². The van der Waals surface area contributed by atoms with E-state index in [1.807, 2.05) is 22.4 Å². The molecule has 7 nitrogen and oxygen atoms in total. The van der Waals surface area contributed by atoms with Gasteiger partial charge in [0.25, 0.3) is 0 Å². The molecule has 3 rings (SSSR count). The van der Waals surface area contributed by atoms with Crippen molar-refractivity contribution in [2.75, 3.05) is 20.1 Å². The van der Waals surface area contributed by atoms with Crippen LogP contribution in [-0.4, -0.2) is 45.7 Å². The molecule has 1 aromatic heterocycles. The fourth-order valence-electron chi connectivity index (χ4n) is 3.26. The van der Waals surface area contributed by atoms with Crippen molar-refractivity contribution in [2.45, 2.75) is 55.8 Å². The molecule has 2 N–H and O–H groups in total. The molecule has 0 amide bonds. The summed E-state index contributed by atoms with van der Waals surface area (Å²) in [5.41, 5.74) is 0.0315. The standard InChI is InChI=1S/C20H30N6OS/c1-16(28-17-9-4-3-5-10-17)15-23-19(21-2)22-12-8-14-26-20(27)25-13-7-6-11-18(25)24-26/h3-5,9-10,16H,6-8,11-15H2,1-2H3,(H2,21,22,23). The van der Waals surface area contributed by atoms with E-state index < -0.39 is 0 Å². The molecule has 8 heteroatoms. The smallest absolute Gasteiger partial charge is 0.345 e. The van der Waals surface area contributed by atoms with Crippen LogP contribution >= 0.6 is 11.8 Å². The number of aryl methyl sites for hydroxylation is 2. The number of hydrogen-bond acceptors (Lipinski definition) is 4. The van der Waals surface area contributed by atoms with E-state index in [1.165, 1.54) is 4.90 Å². The molecular formula is C20H30N6OS. The molecule has 0 saturated carbocycles. The summed E-state index contributed by atoms with van der Waals surface area (Å²) in [6, 6.07) is 10.4. The number of thioether (sulfide) groups is 1. The van der Waals surface area contributed by atoms with Crippen LogP contribution in [0.1, 0.15) is 32.0 Å². The molecule has 2 aromatic rings. The van der Waals surface area contributed by atoms with Crippen LogP contribution in [0.2, 0.25) is 0 Å². The predicted molar refractivity (Wildman–Crippen MR) is 115 cm³/mol. The quantitative estimate of drug-likeness (QED) is 0.306. The highest BCUT2D eigenvalue weighted by atomic mass is 32.2. The lowest BCUT2D eigenvalue weighted by molar-refractivity contribution is 0.509. The zero-order valence-electron chi connectivity index (χ0n) is 16.7. The van der Waals surface area contributed by atoms with Crippen LogP contribution in [0.15, 0.2) is 45.0 Å². The van der Waals surface area contributed by atoms with Crippen molar-refractivity contribution >= 4 is 17.7 Å². The fraction of sp³-hybridized carbons (Fsp3) is 0.550. The zero-order valence-corrected chi connectivity index (χ0v) is 17.5. The van der Waals surface area contributed by atoms with Gasteiger partial charge in [0.2, 0.25) is 0 Å². The first-order chi connectivity index (χ1) is 13.7. The highest BCUT2D eigenvalue weighted by molar-refractivity contribution is 8.00. The second-order valence-corrected chi connectivity index (χ2v) is 8.52. The van der Waals surface area contributed by atoms with Crippen LogP contribution < -0.4 is 16.3 Å². The molecule has 0 bridgehead atoms. The summed E-state index contributed by atoms with van der Waals surface area (Å²) in [5.74, 6) is 1.73. The molecule has 0 fully saturated rings. The average Bonchev–Trinajstić information content (AvgIpc) is 3.04. The topological polar surface area (TPSA) is 76.2 Å².